The van der Waals surface area contributed by atoms with Crippen LogP contribution in [0.1, 0.15) is 25.3 Å². The first-order valence-corrected chi connectivity index (χ1v) is 5.55. The van der Waals surface area contributed by atoms with Gasteiger partial charge in [0.2, 0.25) is 0 Å². The minimum absolute atomic E-state index is 0.221. The topological polar surface area (TPSA) is 38.3 Å². The van der Waals surface area contributed by atoms with E-state index in [9.17, 15) is 4.79 Å². The highest BCUT2D eigenvalue weighted by Crippen LogP contribution is 2.29. The number of methoxy groups -OCH3 is 1. The van der Waals surface area contributed by atoms with Crippen LogP contribution in [0.4, 0.5) is 0 Å². The van der Waals surface area contributed by atoms with Gasteiger partial charge in [-0.2, -0.15) is 0 Å². The molecule has 1 heterocycles. The van der Waals surface area contributed by atoms with E-state index in [-0.39, 0.29) is 5.54 Å². The van der Waals surface area contributed by atoms with E-state index in [2.05, 4.69) is 12.2 Å². The van der Waals surface area contributed by atoms with Crippen LogP contribution in [0.3, 0.4) is 0 Å². The molecule has 1 aliphatic heterocycles. The summed E-state index contributed by atoms with van der Waals surface area (Å²) in [7, 11) is 1.65. The quantitative estimate of drug-likeness (QED) is 0.825. The van der Waals surface area contributed by atoms with Crippen LogP contribution in [-0.2, 0) is 10.3 Å². The van der Waals surface area contributed by atoms with Gasteiger partial charge in [-0.25, -0.2) is 0 Å². The lowest BCUT2D eigenvalue weighted by Crippen LogP contribution is -2.46. The zero-order valence-corrected chi connectivity index (χ0v) is 9.75. The van der Waals surface area contributed by atoms with E-state index in [1.54, 1.807) is 7.11 Å². The summed E-state index contributed by atoms with van der Waals surface area (Å²) in [5, 5.41) is 3.42. The van der Waals surface area contributed by atoms with Crippen molar-refractivity contribution in [3.63, 3.8) is 0 Å². The predicted octanol–water partition coefficient (Wildman–Crippen LogP) is 1.86. The van der Waals surface area contributed by atoms with Crippen LogP contribution in [0.15, 0.2) is 24.3 Å². The van der Waals surface area contributed by atoms with Gasteiger partial charge in [0.15, 0.2) is 0 Å². The van der Waals surface area contributed by atoms with Crippen molar-refractivity contribution in [2.24, 2.45) is 0 Å². The Bertz CT molecular complexity index is 385. The molecule has 0 saturated carbocycles. The van der Waals surface area contributed by atoms with Crippen LogP contribution in [0.5, 0.6) is 5.75 Å². The number of ketones is 1. The smallest absolute Gasteiger partial charge is 0.136 e. The second-order valence-corrected chi connectivity index (χ2v) is 4.45. The van der Waals surface area contributed by atoms with E-state index in [0.29, 0.717) is 18.6 Å². The van der Waals surface area contributed by atoms with Crippen molar-refractivity contribution in [2.75, 3.05) is 13.7 Å². The summed E-state index contributed by atoms with van der Waals surface area (Å²) in [6, 6.07) is 7.90. The van der Waals surface area contributed by atoms with Gasteiger partial charge in [0.25, 0.3) is 0 Å². The number of carbonyl (C=O) groups excluding carboxylic acids is 1. The Kier molecular flexibility index (Phi) is 2.97. The number of ether oxygens (including phenoxy) is 1. The lowest BCUT2D eigenvalue weighted by atomic mass is 9.83. The number of benzene rings is 1. The van der Waals surface area contributed by atoms with Gasteiger partial charge in [-0.3, -0.25) is 4.79 Å². The molecule has 1 atom stereocenters. The maximum absolute atomic E-state index is 11.5. The SMILES string of the molecule is COc1ccc(C2(C)CC(=O)CCN2)cc1. The second-order valence-electron chi connectivity index (χ2n) is 4.45. The third-order valence-corrected chi connectivity index (χ3v) is 3.20. The van der Waals surface area contributed by atoms with Crippen molar-refractivity contribution < 1.29 is 9.53 Å². The molecule has 0 radical (unpaired) electrons. The number of piperidine rings is 1. The Hall–Kier alpha value is -1.35. The van der Waals surface area contributed by atoms with E-state index in [1.165, 1.54) is 0 Å². The van der Waals surface area contributed by atoms with E-state index in [1.807, 2.05) is 24.3 Å². The van der Waals surface area contributed by atoms with Crippen molar-refractivity contribution in [2.45, 2.75) is 25.3 Å². The third-order valence-electron chi connectivity index (χ3n) is 3.20. The normalized spacial score (nSPS) is 25.5. The van der Waals surface area contributed by atoms with E-state index < -0.39 is 0 Å². The third kappa shape index (κ3) is 2.09. The monoisotopic (exact) mass is 219 g/mol. The molecular formula is C13H17NO2. The molecule has 1 aromatic carbocycles. The number of rotatable bonds is 2. The Morgan fingerprint density at radius 2 is 2.00 bits per heavy atom. The summed E-state index contributed by atoms with van der Waals surface area (Å²) in [4.78, 5) is 11.5. The summed E-state index contributed by atoms with van der Waals surface area (Å²) in [5.41, 5.74) is 0.920. The molecule has 1 aliphatic rings. The molecule has 3 nitrogen and oxygen atoms in total. The fourth-order valence-corrected chi connectivity index (χ4v) is 2.19. The van der Waals surface area contributed by atoms with Crippen molar-refractivity contribution in [1.29, 1.82) is 0 Å². The van der Waals surface area contributed by atoms with Gasteiger partial charge < -0.3 is 10.1 Å². The zero-order chi connectivity index (χ0) is 11.6. The summed E-state index contributed by atoms with van der Waals surface area (Å²) in [5.74, 6) is 1.17. The maximum atomic E-state index is 11.5. The minimum Gasteiger partial charge on any atom is -0.497 e. The van der Waals surface area contributed by atoms with Gasteiger partial charge in [-0.05, 0) is 24.6 Å². The van der Waals surface area contributed by atoms with Crippen LogP contribution in [0.25, 0.3) is 0 Å². The predicted molar refractivity (Wildman–Crippen MR) is 62.6 cm³/mol. The van der Waals surface area contributed by atoms with Gasteiger partial charge >= 0.3 is 0 Å². The molecule has 0 bridgehead atoms. The van der Waals surface area contributed by atoms with Gasteiger partial charge in [0.05, 0.1) is 7.11 Å². The minimum atomic E-state index is -0.221. The number of Topliss-reactive ketones (excluding diaryl/α,β-unsaturated/α-hetero) is 1. The largest absolute Gasteiger partial charge is 0.497 e. The molecule has 0 amide bonds. The molecule has 1 aromatic rings. The first-order chi connectivity index (χ1) is 7.64. The first-order valence-electron chi connectivity index (χ1n) is 5.55. The Morgan fingerprint density at radius 1 is 1.31 bits per heavy atom. The Balaban J connectivity index is 2.24. The summed E-state index contributed by atoms with van der Waals surface area (Å²) < 4.78 is 5.12. The number of carbonyl (C=O) groups is 1. The number of hydrogen-bond donors (Lipinski definition) is 1. The van der Waals surface area contributed by atoms with Crippen molar-refractivity contribution in [3.05, 3.63) is 29.8 Å². The second kappa shape index (κ2) is 4.26. The summed E-state index contributed by atoms with van der Waals surface area (Å²) in [6.07, 6.45) is 1.21. The Labute approximate surface area is 95.8 Å². The van der Waals surface area contributed by atoms with Crippen LogP contribution < -0.4 is 10.1 Å². The van der Waals surface area contributed by atoms with Crippen LogP contribution in [0, 0.1) is 0 Å². The molecule has 2 rings (SSSR count). The van der Waals surface area contributed by atoms with E-state index >= 15 is 0 Å². The lowest BCUT2D eigenvalue weighted by Gasteiger charge is -2.34. The standard InChI is InChI=1S/C13H17NO2/c1-13(9-11(15)7-8-14-13)10-3-5-12(16-2)6-4-10/h3-6,14H,7-9H2,1-2H3. The molecule has 1 saturated heterocycles. The van der Waals surface area contributed by atoms with Crippen LogP contribution in [-0.4, -0.2) is 19.4 Å². The van der Waals surface area contributed by atoms with E-state index in [4.69, 9.17) is 4.74 Å². The van der Waals surface area contributed by atoms with Gasteiger partial charge in [-0.15, -0.1) is 0 Å². The fraction of sp³-hybridized carbons (Fsp3) is 0.462. The molecule has 86 valence electrons. The average molecular weight is 219 g/mol. The van der Waals surface area contributed by atoms with Gasteiger partial charge in [0, 0.05) is 24.9 Å². The molecule has 0 aliphatic carbocycles. The number of nitrogens with one attached hydrogen (secondary N) is 1. The van der Waals surface area contributed by atoms with Crippen LogP contribution in [0.2, 0.25) is 0 Å². The van der Waals surface area contributed by atoms with Gasteiger partial charge in [-0.1, -0.05) is 12.1 Å². The molecule has 16 heavy (non-hydrogen) atoms. The Morgan fingerprint density at radius 3 is 2.56 bits per heavy atom. The highest BCUT2D eigenvalue weighted by atomic mass is 16.5. The molecule has 1 N–H and O–H groups in total. The van der Waals surface area contributed by atoms with Crippen molar-refractivity contribution in [1.82, 2.24) is 5.32 Å². The van der Waals surface area contributed by atoms with Crippen molar-refractivity contribution >= 4 is 5.78 Å². The number of hydrogen-bond acceptors (Lipinski definition) is 3. The van der Waals surface area contributed by atoms with Crippen molar-refractivity contribution in [3.8, 4) is 5.75 Å². The molecule has 0 aromatic heterocycles. The van der Waals surface area contributed by atoms with Gasteiger partial charge in [0.1, 0.15) is 11.5 Å². The maximum Gasteiger partial charge on any atom is 0.136 e. The molecule has 1 fully saturated rings. The lowest BCUT2D eigenvalue weighted by molar-refractivity contribution is -0.122. The molecular weight excluding hydrogens is 202 g/mol. The highest BCUT2D eigenvalue weighted by Gasteiger charge is 2.32. The summed E-state index contributed by atoms with van der Waals surface area (Å²) >= 11 is 0. The first kappa shape index (κ1) is 11.1. The zero-order valence-electron chi connectivity index (χ0n) is 9.75. The molecule has 3 heteroatoms. The summed E-state index contributed by atoms with van der Waals surface area (Å²) in [6.45, 7) is 2.84. The van der Waals surface area contributed by atoms with Crippen LogP contribution >= 0.6 is 0 Å². The van der Waals surface area contributed by atoms with E-state index in [0.717, 1.165) is 17.9 Å². The highest BCUT2D eigenvalue weighted by molar-refractivity contribution is 5.81. The molecule has 0 spiro atoms. The average Bonchev–Trinajstić information content (AvgIpc) is 2.29. The molecule has 1 unspecified atom stereocenters. The fourth-order valence-electron chi connectivity index (χ4n) is 2.19.